The lowest BCUT2D eigenvalue weighted by Gasteiger charge is -2.15. The van der Waals surface area contributed by atoms with Crippen LogP contribution >= 0.6 is 22.9 Å². The number of rotatable bonds is 5. The average molecular weight is 347 g/mol. The molecule has 21 heavy (non-hydrogen) atoms. The van der Waals surface area contributed by atoms with Crippen LogP contribution in [0.5, 0.6) is 0 Å². The molecule has 0 saturated carbocycles. The van der Waals surface area contributed by atoms with Crippen LogP contribution in [0.2, 0.25) is 4.34 Å². The van der Waals surface area contributed by atoms with Crippen LogP contribution < -0.4 is 0 Å². The van der Waals surface area contributed by atoms with Crippen LogP contribution in [0.25, 0.3) is 0 Å². The molecule has 0 unspecified atom stereocenters. The summed E-state index contributed by atoms with van der Waals surface area (Å²) in [4.78, 5) is 10.0. The molecule has 0 fully saturated rings. The van der Waals surface area contributed by atoms with Gasteiger partial charge in [-0.25, -0.2) is 8.42 Å². The van der Waals surface area contributed by atoms with Gasteiger partial charge in [-0.3, -0.25) is 10.1 Å². The Hall–Kier alpha value is -1.48. The fraction of sp³-hybridized carbons (Fsp3) is 0.167. The van der Waals surface area contributed by atoms with Gasteiger partial charge in [0.25, 0.3) is 15.7 Å². The van der Waals surface area contributed by atoms with Crippen LogP contribution in [0.1, 0.15) is 5.56 Å². The number of sulfonamides is 1. The minimum Gasteiger partial charge on any atom is -0.258 e. The summed E-state index contributed by atoms with van der Waals surface area (Å²) in [6, 6.07) is 10.0. The van der Waals surface area contributed by atoms with Gasteiger partial charge in [-0.05, 0) is 5.56 Å². The maximum Gasteiger partial charge on any atom is 0.300 e. The zero-order valence-corrected chi connectivity index (χ0v) is 13.3. The number of thiophene rings is 1. The van der Waals surface area contributed by atoms with Crippen LogP contribution in [-0.4, -0.2) is 24.7 Å². The maximum absolute atomic E-state index is 12.4. The third-order valence-corrected chi connectivity index (χ3v) is 6.35. The van der Waals surface area contributed by atoms with E-state index in [9.17, 15) is 18.5 Å². The Balaban J connectivity index is 2.29. The first-order valence-electron chi connectivity index (χ1n) is 5.76. The Morgan fingerprint density at radius 2 is 1.95 bits per heavy atom. The quantitative estimate of drug-likeness (QED) is 0.615. The Morgan fingerprint density at radius 3 is 2.48 bits per heavy atom. The van der Waals surface area contributed by atoms with E-state index in [2.05, 4.69) is 0 Å². The lowest BCUT2D eigenvalue weighted by Crippen LogP contribution is -2.25. The predicted octanol–water partition coefficient (Wildman–Crippen LogP) is 3.13. The summed E-state index contributed by atoms with van der Waals surface area (Å²) in [5, 5.41) is 10.7. The molecule has 1 aromatic heterocycles. The Kier molecular flexibility index (Phi) is 4.62. The fourth-order valence-electron chi connectivity index (χ4n) is 1.67. The Labute approximate surface area is 130 Å². The van der Waals surface area contributed by atoms with Gasteiger partial charge in [0, 0.05) is 19.7 Å². The molecule has 6 nitrogen and oxygen atoms in total. The van der Waals surface area contributed by atoms with Gasteiger partial charge in [-0.1, -0.05) is 41.9 Å². The highest BCUT2D eigenvalue weighted by atomic mass is 35.5. The minimum atomic E-state index is -3.81. The summed E-state index contributed by atoms with van der Waals surface area (Å²) in [6.07, 6.45) is 0. The monoisotopic (exact) mass is 346 g/mol. The topological polar surface area (TPSA) is 80.5 Å². The number of hydrogen-bond acceptors (Lipinski definition) is 5. The normalized spacial score (nSPS) is 11.8. The highest BCUT2D eigenvalue weighted by molar-refractivity contribution is 7.91. The molecule has 2 aromatic rings. The average Bonchev–Trinajstić information content (AvgIpc) is 2.82. The lowest BCUT2D eigenvalue weighted by molar-refractivity contribution is -0.384. The summed E-state index contributed by atoms with van der Waals surface area (Å²) >= 11 is 6.39. The highest BCUT2D eigenvalue weighted by Gasteiger charge is 2.28. The van der Waals surface area contributed by atoms with Gasteiger partial charge in [0.2, 0.25) is 0 Å². The molecule has 0 saturated heterocycles. The standard InChI is InChI=1S/C12H11ClN2O4S2/c1-14(8-9-5-3-2-4-6-9)21(18,19)11-7-10(15(16)17)12(13)20-11/h2-7H,8H2,1H3. The van der Waals surface area contributed by atoms with Crippen molar-refractivity contribution in [1.29, 1.82) is 0 Å². The van der Waals surface area contributed by atoms with Crippen LogP contribution in [0.4, 0.5) is 5.69 Å². The molecular weight excluding hydrogens is 336 g/mol. The fourth-order valence-corrected chi connectivity index (χ4v) is 4.70. The Morgan fingerprint density at radius 1 is 1.33 bits per heavy atom. The van der Waals surface area contributed by atoms with Gasteiger partial charge in [-0.2, -0.15) is 4.31 Å². The van der Waals surface area contributed by atoms with Crippen molar-refractivity contribution in [2.45, 2.75) is 10.8 Å². The SMILES string of the molecule is CN(Cc1ccccc1)S(=O)(=O)c1cc([N+](=O)[O-])c(Cl)s1. The van der Waals surface area contributed by atoms with Crippen molar-refractivity contribution in [1.82, 2.24) is 4.31 Å². The second kappa shape index (κ2) is 6.10. The first kappa shape index (κ1) is 15.9. The van der Waals surface area contributed by atoms with E-state index in [1.807, 2.05) is 18.2 Å². The van der Waals surface area contributed by atoms with E-state index >= 15 is 0 Å². The summed E-state index contributed by atoms with van der Waals surface area (Å²) in [5.74, 6) is 0. The van der Waals surface area contributed by atoms with Gasteiger partial charge in [-0.15, -0.1) is 11.3 Å². The highest BCUT2D eigenvalue weighted by Crippen LogP contribution is 2.37. The van der Waals surface area contributed by atoms with E-state index in [1.165, 1.54) is 7.05 Å². The third kappa shape index (κ3) is 3.41. The van der Waals surface area contributed by atoms with Crippen molar-refractivity contribution >= 4 is 38.6 Å². The number of hydrogen-bond donors (Lipinski definition) is 0. The molecule has 112 valence electrons. The largest absolute Gasteiger partial charge is 0.300 e. The van der Waals surface area contributed by atoms with Crippen LogP contribution in [0.3, 0.4) is 0 Å². The number of halogens is 1. The summed E-state index contributed by atoms with van der Waals surface area (Å²) in [7, 11) is -2.39. The third-order valence-electron chi connectivity index (χ3n) is 2.76. The van der Waals surface area contributed by atoms with E-state index in [0.717, 1.165) is 15.9 Å². The molecule has 0 aliphatic heterocycles. The van der Waals surface area contributed by atoms with Gasteiger partial charge in [0.05, 0.1) is 4.92 Å². The van der Waals surface area contributed by atoms with Crippen molar-refractivity contribution in [2.75, 3.05) is 7.05 Å². The molecule has 0 bridgehead atoms. The summed E-state index contributed by atoms with van der Waals surface area (Å²) < 4.78 is 25.6. The van der Waals surface area contributed by atoms with Crippen LogP contribution in [0.15, 0.2) is 40.6 Å². The molecule has 0 aliphatic carbocycles. The molecule has 1 heterocycles. The predicted molar refractivity (Wildman–Crippen MR) is 81.1 cm³/mol. The zero-order chi connectivity index (χ0) is 15.6. The molecule has 9 heteroatoms. The number of benzene rings is 1. The second-order valence-electron chi connectivity index (χ2n) is 4.23. The summed E-state index contributed by atoms with van der Waals surface area (Å²) in [6.45, 7) is 0.173. The lowest BCUT2D eigenvalue weighted by atomic mass is 10.2. The van der Waals surface area contributed by atoms with Crippen molar-refractivity contribution in [2.24, 2.45) is 0 Å². The van der Waals surface area contributed by atoms with Gasteiger partial charge in [0.15, 0.2) is 4.34 Å². The van der Waals surface area contributed by atoms with Crippen molar-refractivity contribution in [3.63, 3.8) is 0 Å². The molecule has 0 radical (unpaired) electrons. The van der Waals surface area contributed by atoms with Crippen LogP contribution in [0, 0.1) is 10.1 Å². The number of nitrogens with zero attached hydrogens (tertiary/aromatic N) is 2. The molecule has 0 atom stereocenters. The Bertz CT molecular complexity index is 759. The number of nitro groups is 1. The van der Waals surface area contributed by atoms with E-state index in [4.69, 9.17) is 11.6 Å². The first-order valence-corrected chi connectivity index (χ1v) is 8.40. The molecule has 0 N–H and O–H groups in total. The van der Waals surface area contributed by atoms with Gasteiger partial charge < -0.3 is 0 Å². The smallest absolute Gasteiger partial charge is 0.258 e. The van der Waals surface area contributed by atoms with Crippen molar-refractivity contribution in [3.8, 4) is 0 Å². The van der Waals surface area contributed by atoms with Crippen LogP contribution in [-0.2, 0) is 16.6 Å². The molecule has 0 amide bonds. The molecule has 0 aliphatic rings. The van der Waals surface area contributed by atoms with Crippen molar-refractivity contribution < 1.29 is 13.3 Å². The van der Waals surface area contributed by atoms with E-state index in [-0.39, 0.29) is 15.1 Å². The molecule has 0 spiro atoms. The summed E-state index contributed by atoms with van der Waals surface area (Å²) in [5.41, 5.74) is 0.425. The molecule has 1 aromatic carbocycles. The minimum absolute atomic E-state index is 0.141. The molecule has 2 rings (SSSR count). The maximum atomic E-state index is 12.4. The van der Waals surface area contributed by atoms with Crippen molar-refractivity contribution in [3.05, 3.63) is 56.4 Å². The van der Waals surface area contributed by atoms with Gasteiger partial charge >= 0.3 is 0 Å². The zero-order valence-electron chi connectivity index (χ0n) is 10.9. The molecular formula is C12H11ClN2O4S2. The van der Waals surface area contributed by atoms with E-state index in [1.54, 1.807) is 12.1 Å². The van der Waals surface area contributed by atoms with E-state index < -0.39 is 20.6 Å². The first-order chi connectivity index (χ1) is 9.82. The second-order valence-corrected chi connectivity index (χ2v) is 8.15. The van der Waals surface area contributed by atoms with Gasteiger partial charge in [0.1, 0.15) is 4.21 Å². The van der Waals surface area contributed by atoms with E-state index in [0.29, 0.717) is 11.3 Å².